The monoisotopic (exact) mass is 545 g/mol. The van der Waals surface area contributed by atoms with E-state index in [4.69, 9.17) is 31.1 Å². The van der Waals surface area contributed by atoms with Crippen LogP contribution in [0, 0.1) is 29.0 Å². The van der Waals surface area contributed by atoms with E-state index in [9.17, 15) is 4.79 Å². The van der Waals surface area contributed by atoms with Gasteiger partial charge in [0.2, 0.25) is 5.82 Å². The summed E-state index contributed by atoms with van der Waals surface area (Å²) in [6, 6.07) is 6.62. The van der Waals surface area contributed by atoms with Crippen LogP contribution in [0.15, 0.2) is 24.5 Å². The van der Waals surface area contributed by atoms with Gasteiger partial charge in [-0.05, 0) is 24.6 Å². The molecule has 2 fully saturated rings. The van der Waals surface area contributed by atoms with Crippen molar-refractivity contribution in [2.45, 2.75) is 51.6 Å². The molecule has 11 heteroatoms. The lowest BCUT2D eigenvalue weighted by atomic mass is 9.84. The SMILES string of the molecule is CCCCCCCCOC(=O)N1CC2COCC(C1)C2Oc1ncnc(Nc2ccc(C#N)cc2Cl)c1F. The molecular weight excluding hydrogens is 513 g/mol. The standard InChI is InChI=1S/C27H33ClFN5O4/c1-2-3-4-5-6-7-10-37-27(35)34-13-19-15-36-16-20(14-34)24(19)38-26-23(29)25(31-17-32-26)33-22-9-8-18(12-30)11-21(22)28/h8-9,11,17,19-20,24H,2-7,10,13-16H2,1H3,(H,31,32,33). The number of anilines is 2. The number of aromatic nitrogens is 2. The van der Waals surface area contributed by atoms with Crippen LogP contribution in [0.3, 0.4) is 0 Å². The molecule has 2 bridgehead atoms. The van der Waals surface area contributed by atoms with E-state index < -0.39 is 5.82 Å². The number of rotatable bonds is 11. The number of hydrogen-bond acceptors (Lipinski definition) is 8. The molecule has 2 aliphatic rings. The van der Waals surface area contributed by atoms with Crippen molar-refractivity contribution in [1.29, 1.82) is 5.26 Å². The lowest BCUT2D eigenvalue weighted by Crippen LogP contribution is -2.58. The first-order valence-electron chi connectivity index (χ1n) is 13.1. The molecule has 0 aliphatic carbocycles. The normalized spacial score (nSPS) is 20.5. The fourth-order valence-electron chi connectivity index (χ4n) is 4.84. The van der Waals surface area contributed by atoms with E-state index >= 15 is 4.39 Å². The second-order valence-electron chi connectivity index (χ2n) is 9.70. The van der Waals surface area contributed by atoms with Crippen molar-refractivity contribution in [3.8, 4) is 11.9 Å². The Kier molecular flexibility index (Phi) is 9.96. The van der Waals surface area contributed by atoms with Crippen molar-refractivity contribution in [2.75, 3.05) is 38.2 Å². The number of carbonyl (C=O) groups is 1. The molecule has 2 unspecified atom stereocenters. The Labute approximate surface area is 227 Å². The smallest absolute Gasteiger partial charge is 0.409 e. The number of benzene rings is 1. The summed E-state index contributed by atoms with van der Waals surface area (Å²) in [7, 11) is 0. The van der Waals surface area contributed by atoms with Gasteiger partial charge in [0.25, 0.3) is 5.88 Å². The Hall–Kier alpha value is -3.16. The molecule has 1 aromatic heterocycles. The summed E-state index contributed by atoms with van der Waals surface area (Å²) in [5.74, 6) is -1.34. The summed E-state index contributed by atoms with van der Waals surface area (Å²) in [4.78, 5) is 22.4. The summed E-state index contributed by atoms with van der Waals surface area (Å²) >= 11 is 6.21. The van der Waals surface area contributed by atoms with E-state index in [0.29, 0.717) is 44.2 Å². The molecule has 4 rings (SSSR count). The Morgan fingerprint density at radius 1 is 1.21 bits per heavy atom. The van der Waals surface area contributed by atoms with E-state index in [-0.39, 0.29) is 40.8 Å². The quantitative estimate of drug-likeness (QED) is 0.358. The number of likely N-dealkylation sites (tertiary alicyclic amines) is 1. The molecule has 0 radical (unpaired) electrons. The Morgan fingerprint density at radius 3 is 2.66 bits per heavy atom. The van der Waals surface area contributed by atoms with Crippen LogP contribution in [-0.4, -0.2) is 60.0 Å². The van der Waals surface area contributed by atoms with Gasteiger partial charge in [0.1, 0.15) is 12.4 Å². The van der Waals surface area contributed by atoms with Gasteiger partial charge in [0.05, 0.1) is 42.2 Å². The van der Waals surface area contributed by atoms with Crippen molar-refractivity contribution >= 4 is 29.2 Å². The number of nitrogens with one attached hydrogen (secondary N) is 1. The molecule has 38 heavy (non-hydrogen) atoms. The second-order valence-corrected chi connectivity index (χ2v) is 10.1. The molecule has 2 aromatic rings. The number of carbonyl (C=O) groups excluding carboxylic acids is 1. The zero-order chi connectivity index (χ0) is 26.9. The number of hydrogen-bond donors (Lipinski definition) is 1. The third kappa shape index (κ3) is 7.03. The molecule has 1 amide bonds. The number of nitrogens with zero attached hydrogens (tertiary/aromatic N) is 4. The summed E-state index contributed by atoms with van der Waals surface area (Å²) in [6.45, 7) is 4.18. The largest absolute Gasteiger partial charge is 0.471 e. The van der Waals surface area contributed by atoms with Crippen molar-refractivity contribution in [1.82, 2.24) is 14.9 Å². The van der Waals surface area contributed by atoms with Crippen LogP contribution in [-0.2, 0) is 9.47 Å². The van der Waals surface area contributed by atoms with E-state index in [2.05, 4.69) is 22.2 Å². The number of amides is 1. The first-order valence-corrected chi connectivity index (χ1v) is 13.5. The maximum absolute atomic E-state index is 15.3. The van der Waals surface area contributed by atoms with E-state index in [1.807, 2.05) is 6.07 Å². The Bertz CT molecular complexity index is 1130. The lowest BCUT2D eigenvalue weighted by Gasteiger charge is -2.45. The zero-order valence-corrected chi connectivity index (χ0v) is 22.3. The molecule has 2 aliphatic heterocycles. The van der Waals surface area contributed by atoms with Gasteiger partial charge in [0, 0.05) is 24.9 Å². The predicted molar refractivity (Wildman–Crippen MR) is 140 cm³/mol. The van der Waals surface area contributed by atoms with Crippen molar-refractivity contribution in [3.05, 3.63) is 40.9 Å². The number of nitriles is 1. The van der Waals surface area contributed by atoms with Crippen LogP contribution in [0.4, 0.5) is 20.7 Å². The maximum Gasteiger partial charge on any atom is 0.409 e. The minimum Gasteiger partial charge on any atom is -0.471 e. The van der Waals surface area contributed by atoms with Crippen LogP contribution < -0.4 is 10.1 Å². The molecule has 1 aromatic carbocycles. The number of halogens is 2. The highest BCUT2D eigenvalue weighted by atomic mass is 35.5. The lowest BCUT2D eigenvalue weighted by molar-refractivity contribution is -0.110. The highest BCUT2D eigenvalue weighted by Crippen LogP contribution is 2.34. The van der Waals surface area contributed by atoms with Gasteiger partial charge in [0.15, 0.2) is 5.82 Å². The van der Waals surface area contributed by atoms with Gasteiger partial charge in [-0.1, -0.05) is 50.6 Å². The molecule has 2 saturated heterocycles. The first-order chi connectivity index (χ1) is 18.5. The van der Waals surface area contributed by atoms with Crippen LogP contribution in [0.25, 0.3) is 0 Å². The Morgan fingerprint density at radius 2 is 1.95 bits per heavy atom. The molecule has 1 N–H and O–H groups in total. The number of unbranched alkanes of at least 4 members (excludes halogenated alkanes) is 5. The fraction of sp³-hybridized carbons (Fsp3) is 0.556. The Balaban J connectivity index is 1.34. The third-order valence-electron chi connectivity index (χ3n) is 6.84. The maximum atomic E-state index is 15.3. The van der Waals surface area contributed by atoms with Crippen molar-refractivity contribution < 1.29 is 23.4 Å². The van der Waals surface area contributed by atoms with Crippen LogP contribution in [0.1, 0.15) is 51.0 Å². The number of ether oxygens (including phenoxy) is 3. The topological polar surface area (TPSA) is 110 Å². The molecule has 0 spiro atoms. The summed E-state index contributed by atoms with van der Waals surface area (Å²) in [6.07, 6.45) is 7.25. The minimum atomic E-state index is -0.757. The summed E-state index contributed by atoms with van der Waals surface area (Å²) < 4.78 is 32.6. The zero-order valence-electron chi connectivity index (χ0n) is 21.5. The van der Waals surface area contributed by atoms with Crippen LogP contribution in [0.5, 0.6) is 5.88 Å². The average molecular weight is 546 g/mol. The number of fused-ring (bicyclic) bond motifs is 2. The molecule has 204 valence electrons. The highest BCUT2D eigenvalue weighted by molar-refractivity contribution is 6.33. The molecule has 3 heterocycles. The van der Waals surface area contributed by atoms with Gasteiger partial charge in [-0.2, -0.15) is 14.6 Å². The summed E-state index contributed by atoms with van der Waals surface area (Å²) in [5.41, 5.74) is 0.784. The average Bonchev–Trinajstić information content (AvgIpc) is 2.91. The molecular formula is C27H33ClFN5O4. The van der Waals surface area contributed by atoms with E-state index in [1.54, 1.807) is 17.0 Å². The molecule has 9 nitrogen and oxygen atoms in total. The van der Waals surface area contributed by atoms with Gasteiger partial charge < -0.3 is 24.4 Å². The number of piperidine rings is 1. The fourth-order valence-corrected chi connectivity index (χ4v) is 5.07. The molecule has 0 saturated carbocycles. The highest BCUT2D eigenvalue weighted by Gasteiger charge is 2.44. The summed E-state index contributed by atoms with van der Waals surface area (Å²) in [5, 5.41) is 12.1. The third-order valence-corrected chi connectivity index (χ3v) is 7.15. The van der Waals surface area contributed by atoms with Crippen molar-refractivity contribution in [2.24, 2.45) is 11.8 Å². The predicted octanol–water partition coefficient (Wildman–Crippen LogP) is 5.71. The van der Waals surface area contributed by atoms with Crippen LogP contribution in [0.2, 0.25) is 5.02 Å². The van der Waals surface area contributed by atoms with Gasteiger partial charge in [-0.25, -0.2) is 9.78 Å². The second kappa shape index (κ2) is 13.6. The van der Waals surface area contributed by atoms with Gasteiger partial charge in [-0.15, -0.1) is 0 Å². The minimum absolute atomic E-state index is 0.0984. The first kappa shape index (κ1) is 27.9. The van der Waals surface area contributed by atoms with E-state index in [0.717, 1.165) is 19.3 Å². The van der Waals surface area contributed by atoms with Crippen molar-refractivity contribution in [3.63, 3.8) is 0 Å². The van der Waals surface area contributed by atoms with Gasteiger partial charge in [-0.3, -0.25) is 0 Å². The van der Waals surface area contributed by atoms with E-state index in [1.165, 1.54) is 31.7 Å². The van der Waals surface area contributed by atoms with Crippen LogP contribution >= 0.6 is 11.6 Å². The molecule has 2 atom stereocenters. The van der Waals surface area contributed by atoms with Gasteiger partial charge >= 0.3 is 6.09 Å².